The maximum atomic E-state index is 5.07. The molecule has 1 saturated heterocycles. The van der Waals surface area contributed by atoms with Gasteiger partial charge in [-0.25, -0.2) is 4.98 Å². The molecule has 3 aromatic heterocycles. The molecule has 0 spiro atoms. The Bertz CT molecular complexity index is 1220. The van der Waals surface area contributed by atoms with E-state index < -0.39 is 0 Å². The van der Waals surface area contributed by atoms with Crippen LogP contribution in [0.25, 0.3) is 26.9 Å². The van der Waals surface area contributed by atoms with Crippen molar-refractivity contribution in [1.29, 1.82) is 0 Å². The Hall–Kier alpha value is -2.44. The predicted octanol–water partition coefficient (Wildman–Crippen LogP) is 4.98. The molecule has 1 aliphatic rings. The zero-order valence-electron chi connectivity index (χ0n) is 18.2. The molecule has 4 aromatic rings. The number of hydrogen-bond acceptors (Lipinski definition) is 5. The van der Waals surface area contributed by atoms with Crippen molar-refractivity contribution in [2.45, 2.75) is 46.1 Å². The van der Waals surface area contributed by atoms with Gasteiger partial charge in [-0.1, -0.05) is 18.3 Å². The first kappa shape index (κ1) is 19.5. The fourth-order valence-corrected chi connectivity index (χ4v) is 5.70. The Kier molecular flexibility index (Phi) is 4.99. The molecule has 0 bridgehead atoms. The number of fused-ring (bicyclic) bond motifs is 2. The number of benzene rings is 1. The fraction of sp³-hybridized carbons (Fsp3) is 0.417. The molecule has 0 saturated carbocycles. The molecule has 1 aromatic carbocycles. The van der Waals surface area contributed by atoms with Crippen molar-refractivity contribution in [2.75, 3.05) is 25.0 Å². The smallest absolute Gasteiger partial charge is 0.186 e. The molecule has 30 heavy (non-hydrogen) atoms. The van der Waals surface area contributed by atoms with Crippen LogP contribution in [-0.4, -0.2) is 40.5 Å². The van der Waals surface area contributed by atoms with Crippen LogP contribution in [0.4, 0.5) is 5.13 Å². The fourth-order valence-electron chi connectivity index (χ4n) is 4.61. The second-order valence-electron chi connectivity index (χ2n) is 8.41. The summed E-state index contributed by atoms with van der Waals surface area (Å²) in [6.07, 6.45) is 7.67. The molecular formula is C24H29N5S. The van der Waals surface area contributed by atoms with Crippen LogP contribution in [0, 0.1) is 13.8 Å². The number of hydrogen-bond donors (Lipinski definition) is 1. The van der Waals surface area contributed by atoms with E-state index in [-0.39, 0.29) is 0 Å². The van der Waals surface area contributed by atoms with Gasteiger partial charge < -0.3 is 14.6 Å². The van der Waals surface area contributed by atoms with Gasteiger partial charge in [0, 0.05) is 31.0 Å². The first-order chi connectivity index (χ1) is 14.5. The molecule has 0 atom stereocenters. The summed E-state index contributed by atoms with van der Waals surface area (Å²) in [5.41, 5.74) is 8.28. The highest BCUT2D eigenvalue weighted by atomic mass is 32.1. The van der Waals surface area contributed by atoms with Crippen LogP contribution in [0.15, 0.2) is 30.6 Å². The van der Waals surface area contributed by atoms with E-state index in [0.717, 1.165) is 36.0 Å². The van der Waals surface area contributed by atoms with Crippen LogP contribution in [-0.2, 0) is 6.42 Å². The average molecular weight is 420 g/mol. The van der Waals surface area contributed by atoms with E-state index in [4.69, 9.17) is 4.98 Å². The van der Waals surface area contributed by atoms with Gasteiger partial charge in [-0.05, 0) is 75.5 Å². The van der Waals surface area contributed by atoms with Crippen LogP contribution >= 0.6 is 11.3 Å². The van der Waals surface area contributed by atoms with Gasteiger partial charge in [-0.15, -0.1) is 0 Å². The van der Waals surface area contributed by atoms with Crippen molar-refractivity contribution in [1.82, 2.24) is 19.7 Å². The Morgan fingerprint density at radius 2 is 1.90 bits per heavy atom. The quantitative estimate of drug-likeness (QED) is 0.507. The standard InChI is InChI=1S/C24H29N5S/c1-5-17-10-18(19-11-21-16(3)26-15(2)13-29(21)14-19)12-22-23(17)27-24(30-22)28(4)20-6-8-25-9-7-20/h10-14,20,25H,5-9H2,1-4H3. The second-order valence-corrected chi connectivity index (χ2v) is 9.42. The van der Waals surface area contributed by atoms with E-state index in [0.29, 0.717) is 6.04 Å². The monoisotopic (exact) mass is 419 g/mol. The van der Waals surface area contributed by atoms with E-state index in [9.17, 15) is 0 Å². The zero-order chi connectivity index (χ0) is 20.8. The number of aromatic nitrogens is 3. The molecule has 5 rings (SSSR count). The molecular weight excluding hydrogens is 390 g/mol. The summed E-state index contributed by atoms with van der Waals surface area (Å²) in [5, 5.41) is 4.60. The highest BCUT2D eigenvalue weighted by molar-refractivity contribution is 7.22. The van der Waals surface area contributed by atoms with Gasteiger partial charge in [-0.2, -0.15) is 0 Å². The normalized spacial score (nSPS) is 15.3. The molecule has 156 valence electrons. The molecule has 0 unspecified atom stereocenters. The maximum Gasteiger partial charge on any atom is 0.186 e. The lowest BCUT2D eigenvalue weighted by Gasteiger charge is -2.31. The summed E-state index contributed by atoms with van der Waals surface area (Å²) < 4.78 is 3.48. The summed E-state index contributed by atoms with van der Waals surface area (Å²) in [7, 11) is 2.21. The van der Waals surface area contributed by atoms with Gasteiger partial charge in [-0.3, -0.25) is 4.98 Å². The van der Waals surface area contributed by atoms with Crippen molar-refractivity contribution >= 4 is 32.2 Å². The highest BCUT2D eigenvalue weighted by Gasteiger charge is 2.21. The van der Waals surface area contributed by atoms with Gasteiger partial charge >= 0.3 is 0 Å². The van der Waals surface area contributed by atoms with E-state index in [1.807, 2.05) is 18.3 Å². The van der Waals surface area contributed by atoms with Crippen molar-refractivity contribution < 1.29 is 0 Å². The Morgan fingerprint density at radius 3 is 2.67 bits per heavy atom. The zero-order valence-corrected chi connectivity index (χ0v) is 19.0. The molecule has 4 heterocycles. The number of anilines is 1. The van der Waals surface area contributed by atoms with Gasteiger partial charge in [0.1, 0.15) is 0 Å². The predicted molar refractivity (Wildman–Crippen MR) is 127 cm³/mol. The molecule has 6 heteroatoms. The first-order valence-electron chi connectivity index (χ1n) is 10.9. The van der Waals surface area contributed by atoms with Gasteiger partial charge in [0.25, 0.3) is 0 Å². The summed E-state index contributed by atoms with van der Waals surface area (Å²) in [6, 6.07) is 7.47. The maximum absolute atomic E-state index is 5.07. The van der Waals surface area contributed by atoms with Crippen LogP contribution in [0.1, 0.15) is 36.7 Å². The van der Waals surface area contributed by atoms with E-state index in [2.05, 4.69) is 71.1 Å². The first-order valence-corrected chi connectivity index (χ1v) is 11.7. The van der Waals surface area contributed by atoms with E-state index in [1.165, 1.54) is 45.3 Å². The third kappa shape index (κ3) is 3.38. The minimum Gasteiger partial charge on any atom is -0.348 e. The SMILES string of the molecule is CCc1cc(-c2cc3c(C)nc(C)cn3c2)cc2sc(N(C)C3CCNCC3)nc12. The van der Waals surface area contributed by atoms with Gasteiger partial charge in [0.15, 0.2) is 5.13 Å². The number of aryl methyl sites for hydroxylation is 3. The lowest BCUT2D eigenvalue weighted by molar-refractivity contribution is 0.443. The van der Waals surface area contributed by atoms with Crippen LogP contribution in [0.3, 0.4) is 0 Å². The number of nitrogens with zero attached hydrogens (tertiary/aromatic N) is 4. The Labute approximate surface area is 181 Å². The van der Waals surface area contributed by atoms with Crippen molar-refractivity contribution in [2.24, 2.45) is 0 Å². The van der Waals surface area contributed by atoms with Crippen LogP contribution < -0.4 is 10.2 Å². The van der Waals surface area contributed by atoms with E-state index >= 15 is 0 Å². The molecule has 1 N–H and O–H groups in total. The lowest BCUT2D eigenvalue weighted by atomic mass is 10.0. The van der Waals surface area contributed by atoms with E-state index in [1.54, 1.807) is 0 Å². The summed E-state index contributed by atoms with van der Waals surface area (Å²) in [6.45, 7) is 8.55. The Balaban J connectivity index is 1.58. The third-order valence-corrected chi connectivity index (χ3v) is 7.42. The largest absolute Gasteiger partial charge is 0.348 e. The van der Waals surface area contributed by atoms with Crippen molar-refractivity contribution in [3.8, 4) is 11.1 Å². The number of rotatable bonds is 4. The van der Waals surface area contributed by atoms with Crippen molar-refractivity contribution in [3.63, 3.8) is 0 Å². The molecule has 0 aliphatic carbocycles. The molecule has 0 radical (unpaired) electrons. The summed E-state index contributed by atoms with van der Waals surface area (Å²) in [4.78, 5) is 12.1. The minimum absolute atomic E-state index is 0.576. The lowest BCUT2D eigenvalue weighted by Crippen LogP contribution is -2.41. The number of piperidine rings is 1. The second kappa shape index (κ2) is 7.67. The van der Waals surface area contributed by atoms with Crippen LogP contribution in [0.5, 0.6) is 0 Å². The molecule has 1 aliphatic heterocycles. The van der Waals surface area contributed by atoms with Crippen LogP contribution in [0.2, 0.25) is 0 Å². The van der Waals surface area contributed by atoms with Gasteiger partial charge in [0.05, 0.1) is 27.1 Å². The Morgan fingerprint density at radius 1 is 1.10 bits per heavy atom. The molecule has 0 amide bonds. The summed E-state index contributed by atoms with van der Waals surface area (Å²) in [5.74, 6) is 0. The minimum atomic E-state index is 0.576. The third-order valence-electron chi connectivity index (χ3n) is 6.32. The van der Waals surface area contributed by atoms with Crippen molar-refractivity contribution in [3.05, 3.63) is 47.5 Å². The topological polar surface area (TPSA) is 45.5 Å². The average Bonchev–Trinajstić information content (AvgIpc) is 3.37. The highest BCUT2D eigenvalue weighted by Crippen LogP contribution is 2.36. The molecule has 5 nitrogen and oxygen atoms in total. The molecule has 1 fully saturated rings. The number of nitrogens with one attached hydrogen (secondary N) is 1. The summed E-state index contributed by atoms with van der Waals surface area (Å²) >= 11 is 1.83. The number of thiazole rings is 1. The van der Waals surface area contributed by atoms with Gasteiger partial charge in [0.2, 0.25) is 0 Å².